The molecule has 0 saturated carbocycles. The fourth-order valence-corrected chi connectivity index (χ4v) is 3.06. The van der Waals surface area contributed by atoms with E-state index in [0.717, 1.165) is 22.6 Å². The van der Waals surface area contributed by atoms with E-state index in [1.807, 2.05) is 37.3 Å². The van der Waals surface area contributed by atoms with Crippen molar-refractivity contribution < 1.29 is 13.9 Å². The van der Waals surface area contributed by atoms with Crippen molar-refractivity contribution in [2.24, 2.45) is 0 Å². The van der Waals surface area contributed by atoms with E-state index in [1.165, 1.54) is 12.1 Å². The van der Waals surface area contributed by atoms with Gasteiger partial charge in [-0.3, -0.25) is 4.79 Å². The van der Waals surface area contributed by atoms with Gasteiger partial charge >= 0.3 is 0 Å². The number of nitrogens with zero attached hydrogens (tertiary/aromatic N) is 4. The third-order valence-electron chi connectivity index (χ3n) is 4.67. The number of halogens is 1. The van der Waals surface area contributed by atoms with Gasteiger partial charge in [-0.05, 0) is 48.9 Å². The average Bonchev–Trinajstić information content (AvgIpc) is 3.19. The Bertz CT molecular complexity index is 1170. The lowest BCUT2D eigenvalue weighted by atomic mass is 10.1. The number of nitrogens with one attached hydrogen (secondary N) is 1. The van der Waals surface area contributed by atoms with Gasteiger partial charge in [0.2, 0.25) is 5.91 Å². The van der Waals surface area contributed by atoms with Crippen LogP contribution in [0, 0.1) is 5.82 Å². The number of aromatic nitrogens is 4. The molecule has 0 radical (unpaired) electrons. The van der Waals surface area contributed by atoms with Crippen molar-refractivity contribution in [1.82, 2.24) is 24.9 Å². The fraction of sp³-hybridized carbons (Fsp3) is 0.182. The molecule has 2 aromatic carbocycles. The van der Waals surface area contributed by atoms with Gasteiger partial charge in [0.1, 0.15) is 17.9 Å². The first-order valence-corrected chi connectivity index (χ1v) is 9.42. The van der Waals surface area contributed by atoms with Crippen molar-refractivity contribution in [1.29, 1.82) is 0 Å². The minimum absolute atomic E-state index is 0.154. The predicted octanol–water partition coefficient (Wildman–Crippen LogP) is 3.36. The van der Waals surface area contributed by atoms with Gasteiger partial charge in [0, 0.05) is 11.6 Å². The zero-order valence-corrected chi connectivity index (χ0v) is 16.5. The highest BCUT2D eigenvalue weighted by molar-refractivity contribution is 5.78. The Balaban J connectivity index is 1.48. The van der Waals surface area contributed by atoms with E-state index in [-0.39, 0.29) is 24.2 Å². The molecule has 0 aliphatic carbocycles. The van der Waals surface area contributed by atoms with Crippen LogP contribution < -0.4 is 10.1 Å². The lowest BCUT2D eigenvalue weighted by Crippen LogP contribution is -2.28. The highest BCUT2D eigenvalue weighted by Gasteiger charge is 2.16. The maximum atomic E-state index is 13.0. The quantitative estimate of drug-likeness (QED) is 0.532. The van der Waals surface area contributed by atoms with Crippen LogP contribution in [-0.2, 0) is 11.2 Å². The van der Waals surface area contributed by atoms with Gasteiger partial charge in [-0.25, -0.2) is 18.9 Å². The Morgan fingerprint density at radius 1 is 1.17 bits per heavy atom. The molecule has 8 heteroatoms. The van der Waals surface area contributed by atoms with Gasteiger partial charge < -0.3 is 10.1 Å². The topological polar surface area (TPSA) is 81.4 Å². The highest BCUT2D eigenvalue weighted by atomic mass is 19.1. The summed E-state index contributed by atoms with van der Waals surface area (Å²) in [5, 5.41) is 7.28. The molecule has 0 unspecified atom stereocenters. The SMILES string of the molecule is COc1ccc(-c2cc3nc([C@@H](C)NC(=O)Cc4ccc(F)cc4)nn3cn2)cc1. The first-order chi connectivity index (χ1) is 14.5. The zero-order chi connectivity index (χ0) is 21.1. The van der Waals surface area contributed by atoms with Crippen LogP contribution in [-0.4, -0.2) is 32.6 Å². The molecule has 152 valence electrons. The Morgan fingerprint density at radius 3 is 2.60 bits per heavy atom. The standard InChI is InChI=1S/C22H20FN5O2/c1-14(25-21(29)11-15-3-7-17(23)8-4-15)22-26-20-12-19(24-13-28(20)27-22)16-5-9-18(30-2)10-6-16/h3-10,12-14H,11H2,1-2H3,(H,25,29)/t14-/m1/s1. The monoisotopic (exact) mass is 405 g/mol. The molecule has 4 rings (SSSR count). The van der Waals surface area contributed by atoms with Crippen molar-refractivity contribution in [3.63, 3.8) is 0 Å². The first kappa shape index (κ1) is 19.5. The minimum Gasteiger partial charge on any atom is -0.497 e. The molecule has 2 aromatic heterocycles. The maximum Gasteiger partial charge on any atom is 0.224 e. The Hall–Kier alpha value is -3.81. The second-order valence-electron chi connectivity index (χ2n) is 6.87. The number of amides is 1. The van der Waals surface area contributed by atoms with Gasteiger partial charge in [-0.15, -0.1) is 5.10 Å². The van der Waals surface area contributed by atoms with Gasteiger partial charge in [0.05, 0.1) is 25.3 Å². The Labute approximate surface area is 172 Å². The molecule has 7 nitrogen and oxygen atoms in total. The molecule has 0 spiro atoms. The predicted molar refractivity (Wildman–Crippen MR) is 109 cm³/mol. The molecule has 0 fully saturated rings. The summed E-state index contributed by atoms with van der Waals surface area (Å²) in [7, 11) is 1.62. The molecule has 0 saturated heterocycles. The van der Waals surface area contributed by atoms with E-state index in [9.17, 15) is 9.18 Å². The summed E-state index contributed by atoms with van der Waals surface area (Å²) in [6.07, 6.45) is 1.75. The number of rotatable bonds is 6. The van der Waals surface area contributed by atoms with E-state index < -0.39 is 0 Å². The van der Waals surface area contributed by atoms with E-state index in [4.69, 9.17) is 4.74 Å². The number of methoxy groups -OCH3 is 1. The largest absolute Gasteiger partial charge is 0.497 e. The molecular weight excluding hydrogens is 385 g/mol. The number of ether oxygens (including phenoxy) is 1. The summed E-state index contributed by atoms with van der Waals surface area (Å²) >= 11 is 0. The molecular formula is C22H20FN5O2. The van der Waals surface area contributed by atoms with Crippen molar-refractivity contribution >= 4 is 11.6 Å². The summed E-state index contributed by atoms with van der Waals surface area (Å²) in [4.78, 5) is 21.3. The van der Waals surface area contributed by atoms with Crippen LogP contribution in [0.1, 0.15) is 24.4 Å². The van der Waals surface area contributed by atoms with Crippen molar-refractivity contribution in [3.8, 4) is 17.0 Å². The Kier molecular flexibility index (Phi) is 5.38. The van der Waals surface area contributed by atoms with E-state index in [0.29, 0.717) is 11.5 Å². The number of hydrogen-bond acceptors (Lipinski definition) is 5. The number of fused-ring (bicyclic) bond motifs is 1. The normalized spacial score (nSPS) is 12.0. The number of hydrogen-bond donors (Lipinski definition) is 1. The number of carbonyl (C=O) groups is 1. The van der Waals surface area contributed by atoms with Gasteiger partial charge in [-0.1, -0.05) is 12.1 Å². The summed E-state index contributed by atoms with van der Waals surface area (Å²) in [5.41, 5.74) is 3.06. The average molecular weight is 405 g/mol. The summed E-state index contributed by atoms with van der Waals surface area (Å²) in [6, 6.07) is 14.9. The molecule has 2 heterocycles. The number of carbonyl (C=O) groups excluding carboxylic acids is 1. The van der Waals surface area contributed by atoms with Crippen molar-refractivity contribution in [2.45, 2.75) is 19.4 Å². The maximum absolute atomic E-state index is 13.0. The summed E-state index contributed by atoms with van der Waals surface area (Å²) in [5.74, 6) is 0.736. The third kappa shape index (κ3) is 4.27. The van der Waals surface area contributed by atoms with Gasteiger partial charge in [0.15, 0.2) is 11.5 Å². The lowest BCUT2D eigenvalue weighted by molar-refractivity contribution is -0.121. The van der Waals surface area contributed by atoms with Gasteiger partial charge in [0.25, 0.3) is 0 Å². The van der Waals surface area contributed by atoms with Crippen LogP contribution in [0.25, 0.3) is 16.9 Å². The molecule has 1 atom stereocenters. The van der Waals surface area contributed by atoms with Gasteiger partial charge in [-0.2, -0.15) is 0 Å². The smallest absolute Gasteiger partial charge is 0.224 e. The van der Waals surface area contributed by atoms with Crippen molar-refractivity contribution in [3.05, 3.63) is 78.1 Å². The first-order valence-electron chi connectivity index (χ1n) is 9.42. The van der Waals surface area contributed by atoms with Crippen molar-refractivity contribution in [2.75, 3.05) is 7.11 Å². The second kappa shape index (κ2) is 8.28. The Morgan fingerprint density at radius 2 is 1.90 bits per heavy atom. The molecule has 30 heavy (non-hydrogen) atoms. The zero-order valence-electron chi connectivity index (χ0n) is 16.5. The molecule has 0 bridgehead atoms. The van der Waals surface area contributed by atoms with Crippen LogP contribution in [0.2, 0.25) is 0 Å². The minimum atomic E-state index is -0.387. The second-order valence-corrected chi connectivity index (χ2v) is 6.87. The van der Waals surface area contributed by atoms with E-state index >= 15 is 0 Å². The van der Waals surface area contributed by atoms with E-state index in [1.54, 1.807) is 30.1 Å². The lowest BCUT2D eigenvalue weighted by Gasteiger charge is -2.10. The molecule has 0 aliphatic rings. The summed E-state index contributed by atoms with van der Waals surface area (Å²) in [6.45, 7) is 1.81. The van der Waals surface area contributed by atoms with Crippen LogP contribution in [0.5, 0.6) is 5.75 Å². The molecule has 1 amide bonds. The third-order valence-corrected chi connectivity index (χ3v) is 4.67. The van der Waals surface area contributed by atoms with Crippen LogP contribution >= 0.6 is 0 Å². The molecule has 0 aliphatic heterocycles. The molecule has 4 aromatic rings. The number of benzene rings is 2. The molecule has 1 N–H and O–H groups in total. The van der Waals surface area contributed by atoms with Crippen LogP contribution in [0.3, 0.4) is 0 Å². The highest BCUT2D eigenvalue weighted by Crippen LogP contribution is 2.21. The summed E-state index contributed by atoms with van der Waals surface area (Å²) < 4.78 is 19.8. The fourth-order valence-electron chi connectivity index (χ4n) is 3.06. The van der Waals surface area contributed by atoms with Crippen LogP contribution in [0.15, 0.2) is 60.9 Å². The van der Waals surface area contributed by atoms with E-state index in [2.05, 4.69) is 20.4 Å². The van der Waals surface area contributed by atoms with Crippen LogP contribution in [0.4, 0.5) is 4.39 Å².